The zero-order valence-electron chi connectivity index (χ0n) is 16.9. The van der Waals surface area contributed by atoms with E-state index in [0.29, 0.717) is 6.54 Å². The van der Waals surface area contributed by atoms with Gasteiger partial charge in [0, 0.05) is 49.9 Å². The summed E-state index contributed by atoms with van der Waals surface area (Å²) in [5, 5.41) is 6.58. The van der Waals surface area contributed by atoms with Gasteiger partial charge in [0.25, 0.3) is 0 Å². The Labute approximate surface area is 165 Å². The average molecular weight is 391 g/mol. The summed E-state index contributed by atoms with van der Waals surface area (Å²) in [7, 11) is 3.85. The van der Waals surface area contributed by atoms with Crippen LogP contribution in [-0.2, 0) is 16.6 Å². The molecule has 1 fully saturated rings. The van der Waals surface area contributed by atoms with Crippen LogP contribution in [0.5, 0.6) is 0 Å². The van der Waals surface area contributed by atoms with Crippen LogP contribution in [0.3, 0.4) is 0 Å². The first kappa shape index (κ1) is 20.0. The number of hydrogen-bond donors (Lipinski definition) is 0. The van der Waals surface area contributed by atoms with Crippen molar-refractivity contribution >= 4 is 17.2 Å². The highest BCUT2D eigenvalue weighted by molar-refractivity contribution is 7.10. The van der Waals surface area contributed by atoms with E-state index >= 15 is 0 Å². The van der Waals surface area contributed by atoms with Gasteiger partial charge >= 0.3 is 0 Å². The molecule has 0 radical (unpaired) electrons. The number of carbonyl (C=O) groups is 1. The summed E-state index contributed by atoms with van der Waals surface area (Å²) in [5.41, 5.74) is 3.05. The van der Waals surface area contributed by atoms with Crippen LogP contribution in [-0.4, -0.2) is 65.4 Å². The van der Waals surface area contributed by atoms with Gasteiger partial charge in [0.1, 0.15) is 0 Å². The molecular formula is C20H30N4O2S. The fourth-order valence-corrected chi connectivity index (χ4v) is 4.83. The number of ether oxygens (including phenoxy) is 1. The number of nitrogens with zero attached hydrogens (tertiary/aromatic N) is 4. The van der Waals surface area contributed by atoms with Gasteiger partial charge in [0.05, 0.1) is 30.9 Å². The highest BCUT2D eigenvalue weighted by atomic mass is 32.1. The highest BCUT2D eigenvalue weighted by Gasteiger charge is 2.30. The number of morpholine rings is 1. The summed E-state index contributed by atoms with van der Waals surface area (Å²) in [6.07, 6.45) is 0. The summed E-state index contributed by atoms with van der Waals surface area (Å²) in [5.74, 6) is -0.0543. The molecule has 0 aliphatic carbocycles. The molecule has 2 aromatic heterocycles. The molecule has 3 rings (SSSR count). The molecule has 1 aliphatic rings. The van der Waals surface area contributed by atoms with E-state index in [-0.39, 0.29) is 17.9 Å². The van der Waals surface area contributed by atoms with Gasteiger partial charge in [0.15, 0.2) is 0 Å². The van der Waals surface area contributed by atoms with Gasteiger partial charge in [-0.1, -0.05) is 6.07 Å². The van der Waals surface area contributed by atoms with Gasteiger partial charge in [-0.3, -0.25) is 14.4 Å². The van der Waals surface area contributed by atoms with Crippen molar-refractivity contribution in [1.82, 2.24) is 19.6 Å². The van der Waals surface area contributed by atoms with Crippen molar-refractivity contribution in [2.45, 2.75) is 32.7 Å². The van der Waals surface area contributed by atoms with Gasteiger partial charge < -0.3 is 9.64 Å². The molecule has 1 amide bonds. The molecule has 0 bridgehead atoms. The van der Waals surface area contributed by atoms with E-state index < -0.39 is 0 Å². The number of aromatic nitrogens is 2. The number of amides is 1. The Kier molecular flexibility index (Phi) is 6.34. The zero-order valence-corrected chi connectivity index (χ0v) is 17.8. The van der Waals surface area contributed by atoms with Gasteiger partial charge in [-0.05, 0) is 32.2 Å². The van der Waals surface area contributed by atoms with E-state index in [1.54, 1.807) is 11.3 Å². The molecule has 0 spiro atoms. The third-order valence-electron chi connectivity index (χ3n) is 5.55. The number of carbonyl (C=O) groups excluding carboxylic acids is 1. The van der Waals surface area contributed by atoms with Crippen LogP contribution in [0.15, 0.2) is 17.5 Å². The summed E-state index contributed by atoms with van der Waals surface area (Å²) >= 11 is 1.76. The molecule has 0 saturated carbocycles. The van der Waals surface area contributed by atoms with Crippen LogP contribution in [0.1, 0.15) is 40.7 Å². The molecule has 27 heavy (non-hydrogen) atoms. The smallest absolute Gasteiger partial charge is 0.229 e. The lowest BCUT2D eigenvalue weighted by molar-refractivity contribution is -0.132. The van der Waals surface area contributed by atoms with Crippen molar-refractivity contribution in [2.75, 3.05) is 39.9 Å². The van der Waals surface area contributed by atoms with Crippen molar-refractivity contribution in [3.8, 4) is 0 Å². The van der Waals surface area contributed by atoms with Crippen molar-refractivity contribution < 1.29 is 9.53 Å². The molecule has 2 atom stereocenters. The molecule has 0 N–H and O–H groups in total. The summed E-state index contributed by atoms with van der Waals surface area (Å²) in [6, 6.07) is 4.47. The van der Waals surface area contributed by atoms with Crippen LogP contribution in [0.4, 0.5) is 0 Å². The fourth-order valence-electron chi connectivity index (χ4n) is 3.98. The monoisotopic (exact) mass is 390 g/mol. The van der Waals surface area contributed by atoms with Crippen molar-refractivity contribution in [3.05, 3.63) is 39.3 Å². The fraction of sp³-hybridized carbons (Fsp3) is 0.600. The molecule has 7 heteroatoms. The predicted octanol–water partition coefficient (Wildman–Crippen LogP) is 2.73. The van der Waals surface area contributed by atoms with E-state index in [2.05, 4.69) is 27.5 Å². The Morgan fingerprint density at radius 3 is 2.63 bits per heavy atom. The van der Waals surface area contributed by atoms with Gasteiger partial charge in [0.2, 0.25) is 5.91 Å². The maximum absolute atomic E-state index is 13.2. The summed E-state index contributed by atoms with van der Waals surface area (Å²) < 4.78 is 7.37. The lowest BCUT2D eigenvalue weighted by atomic mass is 9.97. The minimum Gasteiger partial charge on any atom is -0.379 e. The molecule has 3 heterocycles. The highest BCUT2D eigenvalue weighted by Crippen LogP contribution is 2.29. The Balaban J connectivity index is 1.76. The summed E-state index contributed by atoms with van der Waals surface area (Å²) in [6.45, 7) is 10.00. The van der Waals surface area contributed by atoms with E-state index in [0.717, 1.165) is 43.3 Å². The van der Waals surface area contributed by atoms with Crippen LogP contribution in [0.2, 0.25) is 0 Å². The van der Waals surface area contributed by atoms with Gasteiger partial charge in [-0.25, -0.2) is 0 Å². The Morgan fingerprint density at radius 1 is 1.37 bits per heavy atom. The number of aryl methyl sites for hydroxylation is 2. The van der Waals surface area contributed by atoms with E-state index in [4.69, 9.17) is 4.74 Å². The average Bonchev–Trinajstić information content (AvgIpc) is 3.28. The quantitative estimate of drug-likeness (QED) is 0.761. The number of rotatable bonds is 6. The lowest BCUT2D eigenvalue weighted by Gasteiger charge is -2.36. The van der Waals surface area contributed by atoms with E-state index in [1.807, 2.05) is 44.4 Å². The standard InChI is InChI=1S/C20H30N4O2S/c1-14(19-15(2)21-23(5)16(19)3)20(25)22(4)13-17(18-7-6-12-27-18)24-8-10-26-11-9-24/h6-7,12,14,17H,8-11,13H2,1-5H3/t14-,17-/m1/s1. The van der Waals surface area contributed by atoms with Crippen LogP contribution >= 0.6 is 11.3 Å². The van der Waals surface area contributed by atoms with Crippen molar-refractivity contribution in [1.29, 1.82) is 0 Å². The first-order valence-electron chi connectivity index (χ1n) is 9.50. The molecule has 0 aromatic carbocycles. The lowest BCUT2D eigenvalue weighted by Crippen LogP contribution is -2.44. The Bertz CT molecular complexity index is 765. The van der Waals surface area contributed by atoms with Crippen molar-refractivity contribution in [3.63, 3.8) is 0 Å². The molecule has 6 nitrogen and oxygen atoms in total. The molecule has 148 valence electrons. The zero-order chi connectivity index (χ0) is 19.6. The van der Waals surface area contributed by atoms with E-state index in [1.165, 1.54) is 4.88 Å². The topological polar surface area (TPSA) is 50.6 Å². The molecule has 2 aromatic rings. The first-order chi connectivity index (χ1) is 12.9. The number of likely N-dealkylation sites (N-methyl/N-ethyl adjacent to an activating group) is 1. The third kappa shape index (κ3) is 4.25. The number of hydrogen-bond acceptors (Lipinski definition) is 5. The van der Waals surface area contributed by atoms with Crippen LogP contribution in [0, 0.1) is 13.8 Å². The van der Waals surface area contributed by atoms with Crippen LogP contribution in [0.25, 0.3) is 0 Å². The molecule has 1 saturated heterocycles. The van der Waals surface area contributed by atoms with Gasteiger partial charge in [-0.2, -0.15) is 5.10 Å². The van der Waals surface area contributed by atoms with Crippen molar-refractivity contribution in [2.24, 2.45) is 7.05 Å². The van der Waals surface area contributed by atoms with E-state index in [9.17, 15) is 4.79 Å². The first-order valence-corrected chi connectivity index (χ1v) is 10.4. The SMILES string of the molecule is Cc1nn(C)c(C)c1[C@@H](C)C(=O)N(C)C[C@H](c1cccs1)N1CCOCC1. The Hall–Kier alpha value is -1.70. The van der Waals surface area contributed by atoms with Gasteiger partial charge in [-0.15, -0.1) is 11.3 Å². The second-order valence-electron chi connectivity index (χ2n) is 7.33. The second kappa shape index (κ2) is 8.54. The maximum atomic E-state index is 13.2. The normalized spacial score (nSPS) is 17.7. The number of thiophene rings is 1. The van der Waals surface area contributed by atoms with Crippen LogP contribution < -0.4 is 0 Å². The largest absolute Gasteiger partial charge is 0.379 e. The maximum Gasteiger partial charge on any atom is 0.229 e. The third-order valence-corrected chi connectivity index (χ3v) is 6.52. The Morgan fingerprint density at radius 2 is 2.07 bits per heavy atom. The second-order valence-corrected chi connectivity index (χ2v) is 8.31. The minimum atomic E-state index is -0.197. The molecular weight excluding hydrogens is 360 g/mol. The summed E-state index contributed by atoms with van der Waals surface area (Å²) in [4.78, 5) is 18.8. The molecule has 0 unspecified atom stereocenters. The minimum absolute atomic E-state index is 0.143. The molecule has 1 aliphatic heterocycles. The predicted molar refractivity (Wildman–Crippen MR) is 108 cm³/mol.